The number of nitrogens with zero attached hydrogens (tertiary/aromatic N) is 6. The van der Waals surface area contributed by atoms with Gasteiger partial charge in [0, 0.05) is 62.9 Å². The number of ketones is 1. The van der Waals surface area contributed by atoms with Crippen molar-refractivity contribution in [1.82, 2.24) is 28.5 Å². The number of carbonyl (C=O) groups is 2. The molecule has 2 N–H and O–H groups in total. The van der Waals surface area contributed by atoms with E-state index in [1.165, 1.54) is 11.2 Å². The average molecular weight is 639 g/mol. The number of rotatable bonds is 8. The largest absolute Gasteiger partial charge is 0.381 e. The number of pyridine rings is 2. The molecule has 0 radical (unpaired) electrons. The van der Waals surface area contributed by atoms with Crippen molar-refractivity contribution in [3.8, 4) is 0 Å². The number of ether oxygens (including phenoxy) is 1. The summed E-state index contributed by atoms with van der Waals surface area (Å²) < 4.78 is 36.2. The lowest BCUT2D eigenvalue weighted by atomic mass is 10.0. The van der Waals surface area contributed by atoms with Crippen LogP contribution in [0, 0.1) is 12.8 Å². The van der Waals surface area contributed by atoms with Gasteiger partial charge >= 0.3 is 10.2 Å². The summed E-state index contributed by atoms with van der Waals surface area (Å²) in [7, 11) is -3.93. The number of aromatic nitrogens is 4. The van der Waals surface area contributed by atoms with Crippen LogP contribution in [0.1, 0.15) is 67.4 Å². The van der Waals surface area contributed by atoms with Gasteiger partial charge < -0.3 is 15.0 Å². The normalized spacial score (nSPS) is 18.8. The maximum atomic E-state index is 13.5. The maximum absolute atomic E-state index is 13.5. The Morgan fingerprint density at radius 1 is 0.978 bits per heavy atom. The van der Waals surface area contributed by atoms with Crippen molar-refractivity contribution in [3.63, 3.8) is 0 Å². The monoisotopic (exact) mass is 638 g/mol. The van der Waals surface area contributed by atoms with E-state index in [1.54, 1.807) is 30.0 Å². The number of amides is 1. The first-order valence-corrected chi connectivity index (χ1v) is 16.9. The van der Waals surface area contributed by atoms with Crippen molar-refractivity contribution in [3.05, 3.63) is 46.0 Å². The SMILES string of the molecule is CC(=O)c1c(C)c2cnc(Nc3ccc(N4CCN(S(=O)(=O)NC(=O)C5CCOCC5)CC4)cn3)nc2n(C2CCCC2)c1=O. The van der Waals surface area contributed by atoms with Gasteiger partial charge in [0.1, 0.15) is 11.5 Å². The molecule has 1 aliphatic carbocycles. The fraction of sp³-hybridized carbons (Fsp3) is 0.533. The number of fused-ring (bicyclic) bond motifs is 1. The minimum Gasteiger partial charge on any atom is -0.381 e. The van der Waals surface area contributed by atoms with E-state index < -0.39 is 16.1 Å². The van der Waals surface area contributed by atoms with E-state index in [4.69, 9.17) is 9.72 Å². The molecule has 14 nitrogen and oxygen atoms in total. The Morgan fingerprint density at radius 3 is 2.33 bits per heavy atom. The zero-order valence-corrected chi connectivity index (χ0v) is 26.3. The molecule has 15 heteroatoms. The Bertz CT molecular complexity index is 1760. The number of Topliss-reactive ketones (excluding diaryl/α,β-unsaturated/α-hetero) is 1. The van der Waals surface area contributed by atoms with Crippen LogP contribution >= 0.6 is 0 Å². The molecule has 3 aromatic rings. The van der Waals surface area contributed by atoms with Crippen LogP contribution in [0.2, 0.25) is 0 Å². The summed E-state index contributed by atoms with van der Waals surface area (Å²) in [6, 6.07) is 3.65. The molecule has 0 aromatic carbocycles. The van der Waals surface area contributed by atoms with Crippen LogP contribution < -0.4 is 20.5 Å². The Hall–Kier alpha value is -3.95. The van der Waals surface area contributed by atoms with E-state index in [9.17, 15) is 22.8 Å². The summed E-state index contributed by atoms with van der Waals surface area (Å²) >= 11 is 0. The Balaban J connectivity index is 1.13. The number of hydrogen-bond donors (Lipinski definition) is 2. The van der Waals surface area contributed by atoms with Gasteiger partial charge in [-0.05, 0) is 57.2 Å². The van der Waals surface area contributed by atoms with Crippen LogP contribution in [0.5, 0.6) is 0 Å². The summed E-state index contributed by atoms with van der Waals surface area (Å²) in [5.74, 6) is -0.305. The summed E-state index contributed by atoms with van der Waals surface area (Å²) in [5.41, 5.74) is 1.79. The Labute approximate surface area is 261 Å². The van der Waals surface area contributed by atoms with Crippen molar-refractivity contribution >= 4 is 50.4 Å². The van der Waals surface area contributed by atoms with Gasteiger partial charge in [-0.15, -0.1) is 0 Å². The second kappa shape index (κ2) is 12.8. The van der Waals surface area contributed by atoms with Gasteiger partial charge in [0.15, 0.2) is 5.78 Å². The van der Waals surface area contributed by atoms with Gasteiger partial charge in [0.2, 0.25) is 11.9 Å². The number of nitrogens with one attached hydrogen (secondary N) is 2. The fourth-order valence-electron chi connectivity index (χ4n) is 6.49. The van der Waals surface area contributed by atoms with Crippen molar-refractivity contribution in [2.45, 2.75) is 58.4 Å². The molecule has 5 heterocycles. The number of piperazine rings is 1. The second-order valence-corrected chi connectivity index (χ2v) is 13.5. The van der Waals surface area contributed by atoms with E-state index in [1.807, 2.05) is 11.0 Å². The van der Waals surface area contributed by atoms with Gasteiger partial charge in [-0.2, -0.15) is 17.7 Å². The molecule has 1 amide bonds. The third-order valence-electron chi connectivity index (χ3n) is 9.00. The molecular formula is C30H38N8O6S. The van der Waals surface area contributed by atoms with Crippen molar-refractivity contribution in [1.29, 1.82) is 0 Å². The van der Waals surface area contributed by atoms with Crippen LogP contribution in [0.25, 0.3) is 11.0 Å². The smallest absolute Gasteiger partial charge is 0.303 e. The summed E-state index contributed by atoms with van der Waals surface area (Å²) in [4.78, 5) is 54.0. The predicted molar refractivity (Wildman–Crippen MR) is 168 cm³/mol. The minimum atomic E-state index is -3.93. The molecule has 2 saturated heterocycles. The molecule has 0 unspecified atom stereocenters. The quantitative estimate of drug-likeness (QED) is 0.348. The Morgan fingerprint density at radius 2 is 1.69 bits per heavy atom. The Kier molecular flexibility index (Phi) is 8.84. The number of aryl methyl sites for hydroxylation is 1. The zero-order valence-electron chi connectivity index (χ0n) is 25.5. The summed E-state index contributed by atoms with van der Waals surface area (Å²) in [6.07, 6.45) is 8.13. The van der Waals surface area contributed by atoms with Crippen molar-refractivity contribution < 1.29 is 22.7 Å². The molecule has 3 aromatic heterocycles. The number of carbonyl (C=O) groups excluding carboxylic acids is 2. The molecular weight excluding hydrogens is 600 g/mol. The molecule has 3 fully saturated rings. The molecule has 6 rings (SSSR count). The average Bonchev–Trinajstić information content (AvgIpc) is 3.56. The predicted octanol–water partition coefficient (Wildman–Crippen LogP) is 2.47. The van der Waals surface area contributed by atoms with E-state index in [0.29, 0.717) is 61.6 Å². The topological polar surface area (TPSA) is 169 Å². The van der Waals surface area contributed by atoms with Crippen molar-refractivity contribution in [2.24, 2.45) is 5.92 Å². The third-order valence-corrected chi connectivity index (χ3v) is 10.5. The third kappa shape index (κ3) is 6.42. The molecule has 1 saturated carbocycles. The van der Waals surface area contributed by atoms with E-state index in [0.717, 1.165) is 31.4 Å². The highest BCUT2D eigenvalue weighted by Gasteiger charge is 2.32. The van der Waals surface area contributed by atoms with E-state index >= 15 is 0 Å². The first-order valence-electron chi connectivity index (χ1n) is 15.4. The van der Waals surface area contributed by atoms with Gasteiger partial charge in [-0.3, -0.25) is 19.0 Å². The standard InChI is InChI=1S/C30H38N8O6S/c1-19-24-18-32-30(34-27(24)38(22-5-3-4-6-22)29(41)26(19)20(2)39)33-25-8-7-23(17-31-25)36-11-13-37(14-12-36)45(42,43)35-28(40)21-9-15-44-16-10-21/h7-8,17-18,21-22H,3-6,9-16H2,1-2H3,(H,35,40)(H,31,32,33,34). The van der Waals surface area contributed by atoms with Crippen LogP contribution in [-0.2, 0) is 19.7 Å². The molecule has 0 bridgehead atoms. The fourth-order valence-corrected chi connectivity index (χ4v) is 7.69. The van der Waals surface area contributed by atoms with Gasteiger partial charge in [0.05, 0.1) is 17.4 Å². The van der Waals surface area contributed by atoms with E-state index in [2.05, 4.69) is 20.0 Å². The summed E-state index contributed by atoms with van der Waals surface area (Å²) in [5, 5.41) is 3.79. The zero-order chi connectivity index (χ0) is 31.7. The highest BCUT2D eigenvalue weighted by Crippen LogP contribution is 2.32. The molecule has 45 heavy (non-hydrogen) atoms. The van der Waals surface area contributed by atoms with Crippen LogP contribution in [0.15, 0.2) is 29.3 Å². The molecule has 3 aliphatic rings. The lowest BCUT2D eigenvalue weighted by Gasteiger charge is -2.35. The molecule has 0 spiro atoms. The van der Waals surface area contributed by atoms with Gasteiger partial charge in [-0.1, -0.05) is 12.8 Å². The van der Waals surface area contributed by atoms with Gasteiger partial charge in [-0.25, -0.2) is 14.7 Å². The lowest BCUT2D eigenvalue weighted by molar-refractivity contribution is -0.126. The lowest BCUT2D eigenvalue weighted by Crippen LogP contribution is -2.54. The highest BCUT2D eigenvalue weighted by molar-refractivity contribution is 7.87. The van der Waals surface area contributed by atoms with Crippen LogP contribution in [0.3, 0.4) is 0 Å². The maximum Gasteiger partial charge on any atom is 0.303 e. The molecule has 0 atom stereocenters. The van der Waals surface area contributed by atoms with Gasteiger partial charge in [0.25, 0.3) is 5.56 Å². The number of anilines is 3. The molecule has 240 valence electrons. The number of hydrogen-bond acceptors (Lipinski definition) is 11. The minimum absolute atomic E-state index is 0.0161. The highest BCUT2D eigenvalue weighted by atomic mass is 32.2. The van der Waals surface area contributed by atoms with Crippen molar-refractivity contribution in [2.75, 3.05) is 49.6 Å². The van der Waals surface area contributed by atoms with Crippen LogP contribution in [-0.4, -0.2) is 83.3 Å². The van der Waals surface area contributed by atoms with E-state index in [-0.39, 0.29) is 47.9 Å². The first-order chi connectivity index (χ1) is 21.6. The first kappa shape index (κ1) is 31.0. The summed E-state index contributed by atoms with van der Waals surface area (Å²) in [6.45, 7) is 5.43. The molecule has 2 aliphatic heterocycles. The second-order valence-electron chi connectivity index (χ2n) is 11.9. The van der Waals surface area contributed by atoms with Crippen LogP contribution in [0.4, 0.5) is 17.5 Å².